The zero-order valence-electron chi connectivity index (χ0n) is 11.7. The van der Waals surface area contributed by atoms with E-state index in [4.69, 9.17) is 5.73 Å². The summed E-state index contributed by atoms with van der Waals surface area (Å²) in [7, 11) is 2.02. The molecule has 0 heterocycles. The van der Waals surface area contributed by atoms with Crippen LogP contribution in [-0.2, 0) is 6.54 Å². The number of aliphatic imine (C=N–C) groups is 1. The van der Waals surface area contributed by atoms with Crippen molar-refractivity contribution in [2.24, 2.45) is 10.7 Å². The van der Waals surface area contributed by atoms with E-state index in [2.05, 4.69) is 22.1 Å². The molecule has 4 nitrogen and oxygen atoms in total. The summed E-state index contributed by atoms with van der Waals surface area (Å²) in [6.45, 7) is 5.20. The molecular formula is C14H23FN4. The highest BCUT2D eigenvalue weighted by atomic mass is 19.1. The molecule has 0 spiro atoms. The second kappa shape index (κ2) is 8.48. The number of nitrogens with two attached hydrogens (primary N) is 1. The zero-order chi connectivity index (χ0) is 14.1. The van der Waals surface area contributed by atoms with Crippen LogP contribution in [0, 0.1) is 5.82 Å². The second-order valence-corrected chi connectivity index (χ2v) is 4.56. The Hall–Kier alpha value is -1.62. The van der Waals surface area contributed by atoms with Crippen molar-refractivity contribution in [1.82, 2.24) is 10.2 Å². The topological polar surface area (TPSA) is 53.6 Å². The van der Waals surface area contributed by atoms with Crippen LogP contribution in [0.4, 0.5) is 4.39 Å². The number of nitrogens with zero attached hydrogens (tertiary/aromatic N) is 2. The van der Waals surface area contributed by atoms with Gasteiger partial charge in [0.25, 0.3) is 0 Å². The zero-order valence-corrected chi connectivity index (χ0v) is 11.7. The van der Waals surface area contributed by atoms with Crippen LogP contribution in [0.1, 0.15) is 18.9 Å². The molecule has 0 bridgehead atoms. The Kier molecular flexibility index (Phi) is 6.89. The molecule has 0 aliphatic carbocycles. The van der Waals surface area contributed by atoms with Crippen LogP contribution in [0.3, 0.4) is 0 Å². The van der Waals surface area contributed by atoms with Crippen LogP contribution < -0.4 is 11.1 Å². The van der Waals surface area contributed by atoms with Crippen molar-refractivity contribution in [1.29, 1.82) is 0 Å². The van der Waals surface area contributed by atoms with Gasteiger partial charge in [-0.1, -0.05) is 19.1 Å². The van der Waals surface area contributed by atoms with E-state index in [-0.39, 0.29) is 5.82 Å². The van der Waals surface area contributed by atoms with Gasteiger partial charge in [0.1, 0.15) is 5.82 Å². The second-order valence-electron chi connectivity index (χ2n) is 4.56. The lowest BCUT2D eigenvalue weighted by atomic mass is 10.2. The summed E-state index contributed by atoms with van der Waals surface area (Å²) in [6, 6.07) is 6.57. The van der Waals surface area contributed by atoms with Crippen molar-refractivity contribution in [3.63, 3.8) is 0 Å². The molecular weight excluding hydrogens is 243 g/mol. The van der Waals surface area contributed by atoms with Crippen LogP contribution in [0.25, 0.3) is 0 Å². The highest BCUT2D eigenvalue weighted by molar-refractivity contribution is 5.77. The molecule has 1 aromatic rings. The summed E-state index contributed by atoms with van der Waals surface area (Å²) < 4.78 is 12.8. The first kappa shape index (κ1) is 15.4. The molecule has 0 aliphatic rings. The maximum absolute atomic E-state index is 12.8. The Morgan fingerprint density at radius 2 is 2.05 bits per heavy atom. The first-order valence-corrected chi connectivity index (χ1v) is 6.58. The number of benzene rings is 1. The predicted octanol–water partition coefficient (Wildman–Crippen LogP) is 1.57. The normalized spacial score (nSPS) is 11.9. The number of nitrogens with one attached hydrogen (secondary N) is 1. The molecule has 0 amide bonds. The van der Waals surface area contributed by atoms with E-state index >= 15 is 0 Å². The molecule has 1 rings (SSSR count). The quantitative estimate of drug-likeness (QED) is 0.582. The summed E-state index contributed by atoms with van der Waals surface area (Å²) in [5.74, 6) is 0.296. The van der Waals surface area contributed by atoms with Gasteiger partial charge in [-0.05, 0) is 31.2 Å². The van der Waals surface area contributed by atoms with Crippen molar-refractivity contribution < 1.29 is 4.39 Å². The van der Waals surface area contributed by atoms with Gasteiger partial charge in [-0.2, -0.15) is 0 Å². The highest BCUT2D eigenvalue weighted by Crippen LogP contribution is 2.04. The van der Waals surface area contributed by atoms with Crippen LogP contribution in [0.5, 0.6) is 0 Å². The van der Waals surface area contributed by atoms with Gasteiger partial charge in [0.15, 0.2) is 5.96 Å². The predicted molar refractivity (Wildman–Crippen MR) is 77.5 cm³/mol. The van der Waals surface area contributed by atoms with Crippen molar-refractivity contribution in [3.05, 3.63) is 35.6 Å². The van der Waals surface area contributed by atoms with Gasteiger partial charge in [0.05, 0.1) is 0 Å². The first-order chi connectivity index (χ1) is 9.11. The van der Waals surface area contributed by atoms with E-state index in [0.717, 1.165) is 38.2 Å². The van der Waals surface area contributed by atoms with Crippen molar-refractivity contribution >= 4 is 5.96 Å². The van der Waals surface area contributed by atoms with Crippen molar-refractivity contribution in [2.45, 2.75) is 19.9 Å². The molecule has 3 N–H and O–H groups in total. The first-order valence-electron chi connectivity index (χ1n) is 6.58. The lowest BCUT2D eigenvalue weighted by Gasteiger charge is -2.17. The van der Waals surface area contributed by atoms with Gasteiger partial charge in [-0.15, -0.1) is 0 Å². The molecule has 0 saturated heterocycles. The monoisotopic (exact) mass is 266 g/mol. The molecule has 0 unspecified atom stereocenters. The molecule has 0 saturated carbocycles. The number of hydrogen-bond acceptors (Lipinski definition) is 2. The van der Waals surface area contributed by atoms with E-state index in [9.17, 15) is 4.39 Å². The minimum Gasteiger partial charge on any atom is -0.370 e. The van der Waals surface area contributed by atoms with Crippen LogP contribution >= 0.6 is 0 Å². The fourth-order valence-corrected chi connectivity index (χ4v) is 1.64. The van der Waals surface area contributed by atoms with E-state index in [1.807, 2.05) is 7.05 Å². The van der Waals surface area contributed by atoms with Gasteiger partial charge >= 0.3 is 0 Å². The molecule has 0 fully saturated rings. The van der Waals surface area contributed by atoms with Crippen LogP contribution in [0.2, 0.25) is 0 Å². The summed E-state index contributed by atoms with van der Waals surface area (Å²) in [5, 5.41) is 3.07. The molecule has 0 aliphatic heterocycles. The highest BCUT2D eigenvalue weighted by Gasteiger charge is 2.00. The average molecular weight is 266 g/mol. The number of rotatable bonds is 7. The smallest absolute Gasteiger partial charge is 0.188 e. The fourth-order valence-electron chi connectivity index (χ4n) is 1.64. The van der Waals surface area contributed by atoms with E-state index in [0.29, 0.717) is 5.96 Å². The SMILES string of the molecule is CCCN=C(N)NCCN(C)Cc1ccc(F)cc1. The Morgan fingerprint density at radius 3 is 2.68 bits per heavy atom. The summed E-state index contributed by atoms with van der Waals surface area (Å²) in [4.78, 5) is 6.30. The molecule has 5 heteroatoms. The van der Waals surface area contributed by atoms with E-state index in [1.165, 1.54) is 12.1 Å². The number of hydrogen-bond donors (Lipinski definition) is 2. The molecule has 106 valence electrons. The Balaban J connectivity index is 2.24. The number of guanidine groups is 1. The number of halogens is 1. The molecule has 0 radical (unpaired) electrons. The standard InChI is InChI=1S/C14H23FN4/c1-3-8-17-14(16)18-9-10-19(2)11-12-4-6-13(15)7-5-12/h4-7H,3,8-11H2,1-2H3,(H3,16,17,18). The van der Waals surface area contributed by atoms with Gasteiger partial charge < -0.3 is 16.0 Å². The minimum atomic E-state index is -0.201. The third-order valence-electron chi connectivity index (χ3n) is 2.67. The number of likely N-dealkylation sites (N-methyl/N-ethyl adjacent to an activating group) is 1. The third kappa shape index (κ3) is 6.76. The Labute approximate surface area is 114 Å². The van der Waals surface area contributed by atoms with Crippen LogP contribution in [0.15, 0.2) is 29.3 Å². The van der Waals surface area contributed by atoms with Crippen LogP contribution in [-0.4, -0.2) is 37.5 Å². The van der Waals surface area contributed by atoms with Crippen molar-refractivity contribution in [2.75, 3.05) is 26.7 Å². The van der Waals surface area contributed by atoms with Crippen molar-refractivity contribution in [3.8, 4) is 0 Å². The molecule has 1 aromatic carbocycles. The average Bonchev–Trinajstić information content (AvgIpc) is 2.39. The van der Waals surface area contributed by atoms with E-state index in [1.54, 1.807) is 12.1 Å². The van der Waals surface area contributed by atoms with Gasteiger partial charge in [0.2, 0.25) is 0 Å². The maximum Gasteiger partial charge on any atom is 0.188 e. The minimum absolute atomic E-state index is 0.201. The third-order valence-corrected chi connectivity index (χ3v) is 2.67. The largest absolute Gasteiger partial charge is 0.370 e. The van der Waals surface area contributed by atoms with Gasteiger partial charge in [-0.25, -0.2) is 4.39 Å². The van der Waals surface area contributed by atoms with Gasteiger partial charge in [0, 0.05) is 26.2 Å². The molecule has 0 atom stereocenters. The molecule has 0 aromatic heterocycles. The maximum atomic E-state index is 12.8. The van der Waals surface area contributed by atoms with E-state index < -0.39 is 0 Å². The lowest BCUT2D eigenvalue weighted by Crippen LogP contribution is -2.37. The van der Waals surface area contributed by atoms with Gasteiger partial charge in [-0.3, -0.25) is 4.99 Å². The fraction of sp³-hybridized carbons (Fsp3) is 0.500. The lowest BCUT2D eigenvalue weighted by molar-refractivity contribution is 0.331. The Morgan fingerprint density at radius 1 is 1.37 bits per heavy atom. The summed E-state index contributed by atoms with van der Waals surface area (Å²) >= 11 is 0. The molecule has 19 heavy (non-hydrogen) atoms. The summed E-state index contributed by atoms with van der Waals surface area (Å²) in [6.07, 6.45) is 0.993. The Bertz CT molecular complexity index is 389. The summed E-state index contributed by atoms with van der Waals surface area (Å²) in [5.41, 5.74) is 6.79.